The molecule has 1 N–H and O–H groups in total. The third kappa shape index (κ3) is 5.75. The average Bonchev–Trinajstić information content (AvgIpc) is 2.73. The molecule has 2 aliphatic rings. The van der Waals surface area contributed by atoms with Crippen molar-refractivity contribution in [1.29, 1.82) is 0 Å². The van der Waals surface area contributed by atoms with Crippen molar-refractivity contribution >= 4 is 0 Å². The van der Waals surface area contributed by atoms with Crippen molar-refractivity contribution in [3.63, 3.8) is 0 Å². The molecule has 0 aromatic heterocycles. The Morgan fingerprint density at radius 2 is 1.55 bits per heavy atom. The lowest BCUT2D eigenvalue weighted by Crippen LogP contribution is -2.26. The molecule has 0 heterocycles. The van der Waals surface area contributed by atoms with Crippen molar-refractivity contribution < 1.29 is 14.2 Å². The molecule has 164 valence electrons. The van der Waals surface area contributed by atoms with E-state index < -0.39 is 6.10 Å². The first-order valence-corrected chi connectivity index (χ1v) is 12.1. The summed E-state index contributed by atoms with van der Waals surface area (Å²) in [6.45, 7) is 6.36. The van der Waals surface area contributed by atoms with Crippen LogP contribution >= 0.6 is 0 Å². The molecule has 2 fully saturated rings. The van der Waals surface area contributed by atoms with Crippen molar-refractivity contribution in [3.05, 3.63) is 29.1 Å². The lowest BCUT2D eigenvalue weighted by molar-refractivity contribution is 0.100. The fourth-order valence-corrected chi connectivity index (χ4v) is 6.00. The first kappa shape index (κ1) is 22.6. The second kappa shape index (κ2) is 10.8. The summed E-state index contributed by atoms with van der Waals surface area (Å²) in [4.78, 5) is 0. The molecule has 0 radical (unpaired) electrons. The van der Waals surface area contributed by atoms with Crippen molar-refractivity contribution in [3.8, 4) is 5.75 Å². The normalized spacial score (nSPS) is 28.9. The van der Waals surface area contributed by atoms with Gasteiger partial charge in [-0.15, -0.1) is 0 Å². The second-order valence-electron chi connectivity index (χ2n) is 9.63. The van der Waals surface area contributed by atoms with Gasteiger partial charge in [0.05, 0.1) is 12.7 Å². The van der Waals surface area contributed by atoms with Gasteiger partial charge in [0.2, 0.25) is 0 Å². The quantitative estimate of drug-likeness (QED) is 0.490. The average molecular weight is 405 g/mol. The predicted molar refractivity (Wildman–Crippen MR) is 118 cm³/mol. The minimum Gasteiger partial charge on any atom is -0.491 e. The molecule has 2 nitrogen and oxygen atoms in total. The molecule has 2 saturated carbocycles. The Bertz CT molecular complexity index is 628. The zero-order valence-electron chi connectivity index (χ0n) is 18.8. The van der Waals surface area contributed by atoms with Gasteiger partial charge in [-0.25, -0.2) is 4.39 Å². The number of benzene rings is 1. The van der Waals surface area contributed by atoms with Gasteiger partial charge in [0.15, 0.2) is 11.6 Å². The van der Waals surface area contributed by atoms with E-state index in [0.29, 0.717) is 18.1 Å². The third-order valence-electron chi connectivity index (χ3n) is 7.75. The molecule has 0 aliphatic heterocycles. The number of halogens is 1. The van der Waals surface area contributed by atoms with E-state index in [0.717, 1.165) is 29.7 Å². The van der Waals surface area contributed by atoms with Gasteiger partial charge in [-0.1, -0.05) is 51.5 Å². The van der Waals surface area contributed by atoms with Crippen LogP contribution in [0.5, 0.6) is 5.75 Å². The summed E-state index contributed by atoms with van der Waals surface area (Å²) in [5.74, 6) is 3.35. The first-order chi connectivity index (χ1) is 14.0. The molecule has 0 amide bonds. The van der Waals surface area contributed by atoms with Crippen LogP contribution in [0.2, 0.25) is 0 Å². The van der Waals surface area contributed by atoms with E-state index in [1.807, 2.05) is 13.0 Å². The van der Waals surface area contributed by atoms with Crippen LogP contribution in [0.1, 0.15) is 102 Å². The third-order valence-corrected chi connectivity index (χ3v) is 7.75. The summed E-state index contributed by atoms with van der Waals surface area (Å²) in [7, 11) is 0. The number of rotatable bonds is 8. The van der Waals surface area contributed by atoms with Crippen LogP contribution in [-0.4, -0.2) is 11.7 Å². The lowest BCUT2D eigenvalue weighted by atomic mass is 9.68. The summed E-state index contributed by atoms with van der Waals surface area (Å²) < 4.78 is 19.8. The minimum absolute atomic E-state index is 0.287. The molecule has 3 rings (SSSR count). The molecule has 0 bridgehead atoms. The Kier molecular flexibility index (Phi) is 8.41. The van der Waals surface area contributed by atoms with Gasteiger partial charge in [0, 0.05) is 0 Å². The van der Waals surface area contributed by atoms with E-state index in [9.17, 15) is 9.50 Å². The maximum atomic E-state index is 14.5. The number of ether oxygens (including phenoxy) is 1. The van der Waals surface area contributed by atoms with E-state index in [-0.39, 0.29) is 11.6 Å². The molecule has 1 unspecified atom stereocenters. The van der Waals surface area contributed by atoms with Crippen LogP contribution < -0.4 is 4.74 Å². The van der Waals surface area contributed by atoms with Gasteiger partial charge in [0.1, 0.15) is 0 Å². The van der Waals surface area contributed by atoms with Gasteiger partial charge < -0.3 is 9.84 Å². The van der Waals surface area contributed by atoms with E-state index in [2.05, 4.69) is 6.92 Å². The highest BCUT2D eigenvalue weighted by molar-refractivity contribution is 5.38. The smallest absolute Gasteiger partial charge is 0.168 e. The summed E-state index contributed by atoms with van der Waals surface area (Å²) >= 11 is 0. The minimum atomic E-state index is -0.578. The lowest BCUT2D eigenvalue weighted by Gasteiger charge is -2.38. The Balaban J connectivity index is 1.48. The van der Waals surface area contributed by atoms with Crippen LogP contribution in [0.15, 0.2) is 12.1 Å². The molecule has 29 heavy (non-hydrogen) atoms. The van der Waals surface area contributed by atoms with Crippen molar-refractivity contribution in [1.82, 2.24) is 0 Å². The monoisotopic (exact) mass is 404 g/mol. The highest BCUT2D eigenvalue weighted by atomic mass is 19.1. The van der Waals surface area contributed by atoms with Gasteiger partial charge in [-0.05, 0) is 86.8 Å². The summed E-state index contributed by atoms with van der Waals surface area (Å²) in [5, 5.41) is 10.8. The number of aliphatic hydroxyl groups is 1. The zero-order chi connectivity index (χ0) is 20.8. The maximum Gasteiger partial charge on any atom is 0.168 e. The molecule has 3 heteroatoms. The van der Waals surface area contributed by atoms with Crippen LogP contribution in [0.4, 0.5) is 4.39 Å². The highest BCUT2D eigenvalue weighted by Gasteiger charge is 2.31. The molecule has 1 aromatic rings. The van der Waals surface area contributed by atoms with Crippen LogP contribution in [-0.2, 0) is 0 Å². The van der Waals surface area contributed by atoms with Crippen LogP contribution in [0.25, 0.3) is 0 Å². The molecular weight excluding hydrogens is 363 g/mol. The number of hydrogen-bond acceptors (Lipinski definition) is 2. The maximum absolute atomic E-state index is 14.5. The molecule has 0 spiro atoms. The van der Waals surface area contributed by atoms with Crippen molar-refractivity contribution in [2.45, 2.75) is 97.5 Å². The molecule has 1 atom stereocenters. The fraction of sp³-hybridized carbons (Fsp3) is 0.769. The predicted octanol–water partition coefficient (Wildman–Crippen LogP) is 7.37. The Morgan fingerprint density at radius 1 is 0.966 bits per heavy atom. The van der Waals surface area contributed by atoms with Gasteiger partial charge in [-0.3, -0.25) is 0 Å². The van der Waals surface area contributed by atoms with E-state index in [1.165, 1.54) is 64.2 Å². The van der Waals surface area contributed by atoms with Crippen molar-refractivity contribution in [2.24, 2.45) is 23.7 Å². The SMILES string of the molecule is CCCC1CCC(C2CCC(CC(O)c3ccc(OCC)c(F)c3C)CC2)CC1. The number of aliphatic hydroxyl groups excluding tert-OH is 1. The van der Waals surface area contributed by atoms with E-state index in [4.69, 9.17) is 4.74 Å². The summed E-state index contributed by atoms with van der Waals surface area (Å²) in [6, 6.07) is 3.50. The largest absolute Gasteiger partial charge is 0.491 e. The number of hydrogen-bond donors (Lipinski definition) is 1. The highest BCUT2D eigenvalue weighted by Crippen LogP contribution is 2.44. The molecule has 2 aliphatic carbocycles. The van der Waals surface area contributed by atoms with Crippen LogP contribution in [0, 0.1) is 36.4 Å². The van der Waals surface area contributed by atoms with Crippen molar-refractivity contribution in [2.75, 3.05) is 6.61 Å². The summed E-state index contributed by atoms with van der Waals surface area (Å²) in [5.41, 5.74) is 1.25. The van der Waals surface area contributed by atoms with Gasteiger partial charge in [-0.2, -0.15) is 0 Å². The van der Waals surface area contributed by atoms with Gasteiger partial charge >= 0.3 is 0 Å². The standard InChI is InChI=1S/C26H41FO2/c1-4-6-19-7-11-21(12-8-19)22-13-9-20(10-14-22)17-24(28)23-15-16-25(29-5-2)26(27)18(23)3/h15-16,19-22,24,28H,4-14,17H2,1-3H3. The summed E-state index contributed by atoms with van der Waals surface area (Å²) in [6.07, 6.45) is 13.8. The molecular formula is C26H41FO2. The second-order valence-corrected chi connectivity index (χ2v) is 9.63. The zero-order valence-corrected chi connectivity index (χ0v) is 18.8. The first-order valence-electron chi connectivity index (χ1n) is 12.1. The van der Waals surface area contributed by atoms with Crippen LogP contribution in [0.3, 0.4) is 0 Å². The van der Waals surface area contributed by atoms with E-state index >= 15 is 0 Å². The Morgan fingerprint density at radius 3 is 2.10 bits per heavy atom. The molecule has 0 saturated heterocycles. The Labute approximate surface area is 177 Å². The Hall–Kier alpha value is -1.09. The van der Waals surface area contributed by atoms with E-state index in [1.54, 1.807) is 13.0 Å². The fourth-order valence-electron chi connectivity index (χ4n) is 6.00. The topological polar surface area (TPSA) is 29.5 Å². The van der Waals surface area contributed by atoms with Gasteiger partial charge in [0.25, 0.3) is 0 Å². The molecule has 1 aromatic carbocycles.